The molecule has 0 fully saturated rings. The molecule has 0 aliphatic rings. The van der Waals surface area contributed by atoms with Crippen LogP contribution in [0.15, 0.2) is 48.5 Å². The highest BCUT2D eigenvalue weighted by Crippen LogP contribution is 2.16. The van der Waals surface area contributed by atoms with Gasteiger partial charge in [-0.2, -0.15) is 5.26 Å². The maximum absolute atomic E-state index is 12.1. The summed E-state index contributed by atoms with van der Waals surface area (Å²) in [6, 6.07) is 16.5. The van der Waals surface area contributed by atoms with Gasteiger partial charge in [-0.05, 0) is 42.3 Å². The van der Waals surface area contributed by atoms with Crippen LogP contribution in [-0.4, -0.2) is 32.0 Å². The van der Waals surface area contributed by atoms with E-state index in [1.54, 1.807) is 31.4 Å². The molecule has 0 radical (unpaired) electrons. The van der Waals surface area contributed by atoms with Gasteiger partial charge in [0.05, 0.1) is 18.7 Å². The Kier molecular flexibility index (Phi) is 7.38. The Morgan fingerprint density at radius 1 is 1.19 bits per heavy atom. The fourth-order valence-electron chi connectivity index (χ4n) is 2.65. The van der Waals surface area contributed by atoms with Gasteiger partial charge in [0, 0.05) is 32.1 Å². The van der Waals surface area contributed by atoms with Crippen LogP contribution in [0.3, 0.4) is 0 Å². The Bertz CT molecular complexity index is 825. The highest BCUT2D eigenvalue weighted by Gasteiger charge is 2.13. The second-order valence-corrected chi connectivity index (χ2v) is 6.03. The zero-order chi connectivity index (χ0) is 19.6. The molecule has 2 amide bonds. The van der Waals surface area contributed by atoms with E-state index in [-0.39, 0.29) is 24.8 Å². The predicted octanol–water partition coefficient (Wildman–Crippen LogP) is 2.67. The van der Waals surface area contributed by atoms with Crippen LogP contribution in [0.25, 0.3) is 0 Å². The molecule has 1 N–H and O–H groups in total. The quantitative estimate of drug-likeness (QED) is 0.780. The van der Waals surface area contributed by atoms with E-state index in [1.807, 2.05) is 24.3 Å². The Morgan fingerprint density at radius 3 is 2.56 bits per heavy atom. The van der Waals surface area contributed by atoms with Crippen molar-refractivity contribution < 1.29 is 14.3 Å². The zero-order valence-electron chi connectivity index (χ0n) is 15.6. The van der Waals surface area contributed by atoms with Crippen LogP contribution in [0.2, 0.25) is 0 Å². The van der Waals surface area contributed by atoms with Gasteiger partial charge >= 0.3 is 0 Å². The second-order valence-electron chi connectivity index (χ2n) is 6.03. The van der Waals surface area contributed by atoms with Crippen molar-refractivity contribution >= 4 is 17.5 Å². The van der Waals surface area contributed by atoms with Crippen molar-refractivity contribution in [3.63, 3.8) is 0 Å². The maximum Gasteiger partial charge on any atom is 0.223 e. The average molecular weight is 365 g/mol. The summed E-state index contributed by atoms with van der Waals surface area (Å²) < 4.78 is 5.12. The topological polar surface area (TPSA) is 82.4 Å². The van der Waals surface area contributed by atoms with Crippen LogP contribution in [-0.2, 0) is 16.0 Å². The average Bonchev–Trinajstić information content (AvgIpc) is 2.68. The van der Waals surface area contributed by atoms with Gasteiger partial charge < -0.3 is 15.0 Å². The predicted molar refractivity (Wildman–Crippen MR) is 104 cm³/mol. The lowest BCUT2D eigenvalue weighted by atomic mass is 10.1. The van der Waals surface area contributed by atoms with Crippen molar-refractivity contribution in [2.75, 3.05) is 25.1 Å². The van der Waals surface area contributed by atoms with E-state index < -0.39 is 0 Å². The molecule has 0 saturated heterocycles. The summed E-state index contributed by atoms with van der Waals surface area (Å²) in [5.74, 6) is 0.509. The van der Waals surface area contributed by atoms with Crippen LogP contribution in [0.1, 0.15) is 24.5 Å². The maximum atomic E-state index is 12.1. The molecule has 0 bridgehead atoms. The summed E-state index contributed by atoms with van der Waals surface area (Å²) in [4.78, 5) is 25.5. The number of amides is 2. The van der Waals surface area contributed by atoms with Crippen molar-refractivity contribution in [2.24, 2.45) is 0 Å². The van der Waals surface area contributed by atoms with E-state index in [4.69, 9.17) is 10.00 Å². The molecular formula is C21H23N3O3. The number of rotatable bonds is 8. The fourth-order valence-corrected chi connectivity index (χ4v) is 2.65. The van der Waals surface area contributed by atoms with Gasteiger partial charge in [-0.25, -0.2) is 0 Å². The number of nitrogens with zero attached hydrogens (tertiary/aromatic N) is 2. The largest absolute Gasteiger partial charge is 0.497 e. The molecule has 6 heteroatoms. The van der Waals surface area contributed by atoms with Gasteiger partial charge in [-0.15, -0.1) is 0 Å². The first-order valence-electron chi connectivity index (χ1n) is 8.71. The SMILES string of the molecule is COc1ccc(CCNC(=O)CCN(C(C)=O)c2cccc(C#N)c2)cc1. The Balaban J connectivity index is 1.83. The number of hydrogen-bond donors (Lipinski definition) is 1. The molecule has 140 valence electrons. The van der Waals surface area contributed by atoms with E-state index in [2.05, 4.69) is 11.4 Å². The second kappa shape index (κ2) is 9.97. The monoisotopic (exact) mass is 365 g/mol. The number of nitrogens with one attached hydrogen (secondary N) is 1. The highest BCUT2D eigenvalue weighted by molar-refractivity contribution is 5.92. The van der Waals surface area contributed by atoms with Gasteiger partial charge in [0.2, 0.25) is 11.8 Å². The van der Waals surface area contributed by atoms with Gasteiger partial charge in [-0.1, -0.05) is 18.2 Å². The highest BCUT2D eigenvalue weighted by atomic mass is 16.5. The molecule has 0 saturated carbocycles. The fraction of sp³-hybridized carbons (Fsp3) is 0.286. The number of hydrogen-bond acceptors (Lipinski definition) is 4. The van der Waals surface area contributed by atoms with Crippen LogP contribution >= 0.6 is 0 Å². The van der Waals surface area contributed by atoms with Crippen molar-refractivity contribution in [1.29, 1.82) is 5.26 Å². The van der Waals surface area contributed by atoms with Crippen molar-refractivity contribution in [3.8, 4) is 11.8 Å². The third kappa shape index (κ3) is 6.15. The van der Waals surface area contributed by atoms with E-state index in [0.717, 1.165) is 17.7 Å². The molecule has 2 aromatic carbocycles. The molecule has 0 aromatic heterocycles. The molecule has 6 nitrogen and oxygen atoms in total. The lowest BCUT2D eigenvalue weighted by Crippen LogP contribution is -2.34. The summed E-state index contributed by atoms with van der Waals surface area (Å²) in [5, 5.41) is 11.9. The first kappa shape index (κ1) is 20.0. The van der Waals surface area contributed by atoms with Crippen molar-refractivity contribution in [2.45, 2.75) is 19.8 Å². The summed E-state index contributed by atoms with van der Waals surface area (Å²) >= 11 is 0. The third-order valence-corrected chi connectivity index (χ3v) is 4.12. The lowest BCUT2D eigenvalue weighted by Gasteiger charge is -2.21. The molecule has 0 heterocycles. The molecule has 0 atom stereocenters. The summed E-state index contributed by atoms with van der Waals surface area (Å²) in [5.41, 5.74) is 2.20. The van der Waals surface area contributed by atoms with Gasteiger partial charge in [0.15, 0.2) is 0 Å². The smallest absolute Gasteiger partial charge is 0.223 e. The number of methoxy groups -OCH3 is 1. The molecule has 0 unspecified atom stereocenters. The van der Waals surface area contributed by atoms with E-state index >= 15 is 0 Å². The Labute approximate surface area is 159 Å². The normalized spacial score (nSPS) is 9.96. The van der Waals surface area contributed by atoms with E-state index in [0.29, 0.717) is 17.8 Å². The zero-order valence-corrected chi connectivity index (χ0v) is 15.6. The van der Waals surface area contributed by atoms with E-state index in [9.17, 15) is 9.59 Å². The minimum atomic E-state index is -0.170. The minimum absolute atomic E-state index is 0.119. The minimum Gasteiger partial charge on any atom is -0.497 e. The van der Waals surface area contributed by atoms with Gasteiger partial charge in [0.1, 0.15) is 5.75 Å². The van der Waals surface area contributed by atoms with Crippen molar-refractivity contribution in [1.82, 2.24) is 5.32 Å². The lowest BCUT2D eigenvalue weighted by molar-refractivity contribution is -0.121. The molecule has 0 spiro atoms. The van der Waals surface area contributed by atoms with Crippen molar-refractivity contribution in [3.05, 3.63) is 59.7 Å². The summed E-state index contributed by atoms with van der Waals surface area (Å²) in [7, 11) is 1.62. The number of carbonyl (C=O) groups is 2. The molecular weight excluding hydrogens is 342 g/mol. The van der Waals surface area contributed by atoms with Crippen LogP contribution < -0.4 is 15.0 Å². The first-order valence-corrected chi connectivity index (χ1v) is 8.71. The molecule has 27 heavy (non-hydrogen) atoms. The number of nitriles is 1. The van der Waals surface area contributed by atoms with Gasteiger partial charge in [0.25, 0.3) is 0 Å². The molecule has 2 aromatic rings. The Morgan fingerprint density at radius 2 is 1.93 bits per heavy atom. The summed E-state index contributed by atoms with van der Waals surface area (Å²) in [6.45, 7) is 2.23. The number of carbonyl (C=O) groups excluding carboxylic acids is 2. The first-order chi connectivity index (χ1) is 13.0. The van der Waals surface area contributed by atoms with Crippen LogP contribution in [0.5, 0.6) is 5.75 Å². The van der Waals surface area contributed by atoms with E-state index in [1.165, 1.54) is 11.8 Å². The number of benzene rings is 2. The third-order valence-electron chi connectivity index (χ3n) is 4.12. The Hall–Kier alpha value is -3.33. The van der Waals surface area contributed by atoms with Crippen LogP contribution in [0.4, 0.5) is 5.69 Å². The molecule has 0 aliphatic heterocycles. The summed E-state index contributed by atoms with van der Waals surface area (Å²) in [6.07, 6.45) is 0.912. The molecule has 0 aliphatic carbocycles. The number of anilines is 1. The molecule has 2 rings (SSSR count). The van der Waals surface area contributed by atoms with Crippen LogP contribution in [0, 0.1) is 11.3 Å². The standard InChI is InChI=1S/C21H23N3O3/c1-16(25)24(19-5-3-4-18(14-19)15-22)13-11-21(26)23-12-10-17-6-8-20(27-2)9-7-17/h3-9,14H,10-13H2,1-2H3,(H,23,26). The number of ether oxygens (including phenoxy) is 1. The van der Waals surface area contributed by atoms with Gasteiger partial charge in [-0.3, -0.25) is 9.59 Å².